The van der Waals surface area contributed by atoms with E-state index in [0.717, 1.165) is 51.0 Å². The first-order chi connectivity index (χ1) is 13.7. The first kappa shape index (κ1) is 24.2. The smallest absolute Gasteiger partial charge is 0.193 e. The van der Waals surface area contributed by atoms with Crippen molar-refractivity contribution in [3.8, 4) is 5.75 Å². The van der Waals surface area contributed by atoms with E-state index in [2.05, 4.69) is 58.3 Å². The Morgan fingerprint density at radius 3 is 2.66 bits per heavy atom. The highest BCUT2D eigenvalue weighted by Gasteiger charge is 2.26. The van der Waals surface area contributed by atoms with Gasteiger partial charge in [-0.2, -0.15) is 0 Å². The summed E-state index contributed by atoms with van der Waals surface area (Å²) in [6, 6.07) is 8.53. The molecule has 2 saturated heterocycles. The fourth-order valence-electron chi connectivity index (χ4n) is 4.15. The molecule has 0 aromatic heterocycles. The maximum Gasteiger partial charge on any atom is 0.193 e. The first-order valence-corrected chi connectivity index (χ1v) is 10.8. The molecule has 0 radical (unpaired) electrons. The normalized spacial score (nSPS) is 21.6. The Labute approximate surface area is 193 Å². The van der Waals surface area contributed by atoms with Gasteiger partial charge in [0.1, 0.15) is 5.75 Å². The van der Waals surface area contributed by atoms with Crippen molar-refractivity contribution in [1.82, 2.24) is 20.0 Å². The van der Waals surface area contributed by atoms with Gasteiger partial charge in [0.25, 0.3) is 0 Å². The number of rotatable bonds is 6. The third kappa shape index (κ3) is 7.29. The summed E-state index contributed by atoms with van der Waals surface area (Å²) in [7, 11) is 3.94. The molecule has 0 saturated carbocycles. The third-order valence-corrected chi connectivity index (χ3v) is 5.90. The number of ether oxygens (including phenoxy) is 1. The molecule has 1 N–H and O–H groups in total. The summed E-state index contributed by atoms with van der Waals surface area (Å²) >= 11 is 0. The fourth-order valence-corrected chi connectivity index (χ4v) is 4.15. The Balaban J connectivity index is 0.00000300. The van der Waals surface area contributed by atoms with Crippen molar-refractivity contribution in [2.45, 2.75) is 25.7 Å². The van der Waals surface area contributed by atoms with Gasteiger partial charge in [-0.15, -0.1) is 24.0 Å². The lowest BCUT2D eigenvalue weighted by atomic mass is 9.98. The van der Waals surface area contributed by atoms with Crippen molar-refractivity contribution >= 4 is 29.9 Å². The van der Waals surface area contributed by atoms with E-state index in [9.17, 15) is 0 Å². The molecular weight excluding hydrogens is 477 g/mol. The van der Waals surface area contributed by atoms with Crippen molar-refractivity contribution in [2.24, 2.45) is 4.99 Å². The number of nitrogens with one attached hydrogen (secondary N) is 1. The first-order valence-electron chi connectivity index (χ1n) is 10.8. The highest BCUT2D eigenvalue weighted by Crippen LogP contribution is 2.28. The van der Waals surface area contributed by atoms with Crippen LogP contribution in [0.25, 0.3) is 0 Å². The van der Waals surface area contributed by atoms with Gasteiger partial charge in [-0.25, -0.2) is 0 Å². The van der Waals surface area contributed by atoms with Crippen LogP contribution in [-0.4, -0.2) is 93.7 Å². The second-order valence-electron chi connectivity index (χ2n) is 7.94. The predicted molar refractivity (Wildman–Crippen MR) is 132 cm³/mol. The molecule has 2 fully saturated rings. The van der Waals surface area contributed by atoms with Crippen molar-refractivity contribution in [1.29, 1.82) is 0 Å². The van der Waals surface area contributed by atoms with E-state index >= 15 is 0 Å². The SMILES string of the molecule is CCNC(=NCCN1CCCN(C)CC1)N1CCC(c2ccc(OC)cc2)C1.I. The molecular formula is C22H38IN5O. The van der Waals surface area contributed by atoms with E-state index in [0.29, 0.717) is 5.92 Å². The molecule has 0 spiro atoms. The van der Waals surface area contributed by atoms with Crippen LogP contribution in [0.15, 0.2) is 29.3 Å². The number of hydrogen-bond acceptors (Lipinski definition) is 4. The number of guanidine groups is 1. The molecule has 2 heterocycles. The van der Waals surface area contributed by atoms with Gasteiger partial charge in [0.2, 0.25) is 0 Å². The average Bonchev–Trinajstić information content (AvgIpc) is 3.12. The number of aliphatic imine (C=N–C) groups is 1. The number of nitrogens with zero attached hydrogens (tertiary/aromatic N) is 4. The van der Waals surface area contributed by atoms with E-state index in [1.165, 1.54) is 38.0 Å². The molecule has 164 valence electrons. The molecule has 0 amide bonds. The van der Waals surface area contributed by atoms with E-state index in [4.69, 9.17) is 9.73 Å². The van der Waals surface area contributed by atoms with Gasteiger partial charge in [0.05, 0.1) is 13.7 Å². The van der Waals surface area contributed by atoms with Crippen LogP contribution in [0.3, 0.4) is 0 Å². The number of benzene rings is 1. The summed E-state index contributed by atoms with van der Waals surface area (Å²) in [5.41, 5.74) is 1.40. The topological polar surface area (TPSA) is 43.3 Å². The zero-order valence-corrected chi connectivity index (χ0v) is 20.6. The van der Waals surface area contributed by atoms with Crippen molar-refractivity contribution < 1.29 is 4.74 Å². The molecule has 2 aliphatic heterocycles. The molecule has 2 aliphatic rings. The molecule has 1 unspecified atom stereocenters. The minimum Gasteiger partial charge on any atom is -0.497 e. The summed E-state index contributed by atoms with van der Waals surface area (Å²) in [5, 5.41) is 3.50. The largest absolute Gasteiger partial charge is 0.497 e. The molecule has 3 rings (SSSR count). The summed E-state index contributed by atoms with van der Waals surface area (Å²) in [6.07, 6.45) is 2.44. The van der Waals surface area contributed by atoms with Gasteiger partial charge in [0, 0.05) is 45.2 Å². The standard InChI is InChI=1S/C22H37N5O.HI/c1-4-23-22(24-11-15-26-13-5-12-25(2)16-17-26)27-14-10-20(18-27)19-6-8-21(28-3)9-7-19;/h6-9,20H,4-5,10-18H2,1-3H3,(H,23,24);1H. The Hall–Kier alpha value is -1.06. The molecule has 1 aromatic carbocycles. The molecule has 6 nitrogen and oxygen atoms in total. The van der Waals surface area contributed by atoms with Crippen molar-refractivity contribution in [3.63, 3.8) is 0 Å². The molecule has 1 atom stereocenters. The van der Waals surface area contributed by atoms with Gasteiger partial charge in [-0.1, -0.05) is 12.1 Å². The summed E-state index contributed by atoms with van der Waals surface area (Å²) in [5.74, 6) is 2.56. The van der Waals surface area contributed by atoms with Crippen LogP contribution >= 0.6 is 24.0 Å². The quantitative estimate of drug-likeness (QED) is 0.359. The number of likely N-dealkylation sites (tertiary alicyclic amines) is 1. The number of likely N-dealkylation sites (N-methyl/N-ethyl adjacent to an activating group) is 1. The van der Waals surface area contributed by atoms with Crippen LogP contribution in [-0.2, 0) is 0 Å². The van der Waals surface area contributed by atoms with Crippen LogP contribution in [0.1, 0.15) is 31.2 Å². The van der Waals surface area contributed by atoms with Crippen molar-refractivity contribution in [3.05, 3.63) is 29.8 Å². The van der Waals surface area contributed by atoms with Gasteiger partial charge in [-0.05, 0) is 57.6 Å². The molecule has 1 aromatic rings. The number of hydrogen-bond donors (Lipinski definition) is 1. The number of methoxy groups -OCH3 is 1. The fraction of sp³-hybridized carbons (Fsp3) is 0.682. The lowest BCUT2D eigenvalue weighted by Crippen LogP contribution is -2.40. The van der Waals surface area contributed by atoms with E-state index in [1.54, 1.807) is 7.11 Å². The Kier molecular flexibility index (Phi) is 10.5. The highest BCUT2D eigenvalue weighted by molar-refractivity contribution is 14.0. The lowest BCUT2D eigenvalue weighted by molar-refractivity contribution is 0.283. The zero-order chi connectivity index (χ0) is 19.8. The highest BCUT2D eigenvalue weighted by atomic mass is 127. The second-order valence-corrected chi connectivity index (χ2v) is 7.94. The maximum atomic E-state index is 5.28. The zero-order valence-electron chi connectivity index (χ0n) is 18.3. The third-order valence-electron chi connectivity index (χ3n) is 5.90. The van der Waals surface area contributed by atoms with Crippen LogP contribution in [0.5, 0.6) is 5.75 Å². The van der Waals surface area contributed by atoms with Gasteiger partial charge in [-0.3, -0.25) is 4.99 Å². The predicted octanol–water partition coefficient (Wildman–Crippen LogP) is 2.71. The summed E-state index contributed by atoms with van der Waals surface area (Å²) < 4.78 is 5.28. The minimum atomic E-state index is 0. The maximum absolute atomic E-state index is 5.28. The average molecular weight is 515 g/mol. The van der Waals surface area contributed by atoms with E-state index < -0.39 is 0 Å². The lowest BCUT2D eigenvalue weighted by Gasteiger charge is -2.23. The minimum absolute atomic E-state index is 0. The van der Waals surface area contributed by atoms with Crippen LogP contribution < -0.4 is 10.1 Å². The van der Waals surface area contributed by atoms with Crippen molar-refractivity contribution in [2.75, 3.05) is 73.1 Å². The molecule has 7 heteroatoms. The Bertz CT molecular complexity index is 624. The second kappa shape index (κ2) is 12.6. The summed E-state index contributed by atoms with van der Waals surface area (Å²) in [4.78, 5) is 12.4. The Morgan fingerprint density at radius 1 is 1.14 bits per heavy atom. The van der Waals surface area contributed by atoms with Gasteiger partial charge >= 0.3 is 0 Å². The van der Waals surface area contributed by atoms with E-state index in [-0.39, 0.29) is 24.0 Å². The van der Waals surface area contributed by atoms with Crippen LogP contribution in [0, 0.1) is 0 Å². The van der Waals surface area contributed by atoms with Crippen LogP contribution in [0.2, 0.25) is 0 Å². The summed E-state index contributed by atoms with van der Waals surface area (Å²) in [6.45, 7) is 11.8. The van der Waals surface area contributed by atoms with E-state index in [1.807, 2.05) is 0 Å². The molecule has 0 bridgehead atoms. The Morgan fingerprint density at radius 2 is 1.93 bits per heavy atom. The van der Waals surface area contributed by atoms with Crippen LogP contribution in [0.4, 0.5) is 0 Å². The van der Waals surface area contributed by atoms with Gasteiger partial charge in [0.15, 0.2) is 5.96 Å². The molecule has 29 heavy (non-hydrogen) atoms. The van der Waals surface area contributed by atoms with Gasteiger partial charge < -0.3 is 24.8 Å². The number of halogens is 1. The molecule has 0 aliphatic carbocycles. The monoisotopic (exact) mass is 515 g/mol.